The molecule has 118 valence electrons. The van der Waals surface area contributed by atoms with E-state index < -0.39 is 7.29 Å². The fraction of sp³-hybridized carbons (Fsp3) is 0.500. The summed E-state index contributed by atoms with van der Waals surface area (Å²) in [6.07, 6.45) is 7.99. The highest BCUT2D eigenvalue weighted by Gasteiger charge is 2.32. The summed E-state index contributed by atoms with van der Waals surface area (Å²) in [5, 5.41) is 8.24. The highest BCUT2D eigenvalue weighted by atomic mass is 35.5. The van der Waals surface area contributed by atoms with Gasteiger partial charge in [-0.15, -0.1) is 10.2 Å². The fourth-order valence-electron chi connectivity index (χ4n) is 2.78. The monoisotopic (exact) mass is 339 g/mol. The van der Waals surface area contributed by atoms with Crippen molar-refractivity contribution in [3.05, 3.63) is 29.7 Å². The molecule has 0 bridgehead atoms. The van der Waals surface area contributed by atoms with Crippen molar-refractivity contribution in [2.24, 2.45) is 0 Å². The van der Waals surface area contributed by atoms with E-state index in [4.69, 9.17) is 11.6 Å². The average molecular weight is 340 g/mol. The van der Waals surface area contributed by atoms with Crippen LogP contribution in [0, 0.1) is 0 Å². The molecule has 2 aromatic rings. The third-order valence-electron chi connectivity index (χ3n) is 3.98. The molecule has 1 aliphatic rings. The Bertz CT molecular complexity index is 679. The van der Waals surface area contributed by atoms with Gasteiger partial charge in [0.25, 0.3) is 0 Å². The molecule has 1 aliphatic heterocycles. The van der Waals surface area contributed by atoms with Gasteiger partial charge in [-0.2, -0.15) is 0 Å². The summed E-state index contributed by atoms with van der Waals surface area (Å²) >= 11 is 5.78. The van der Waals surface area contributed by atoms with Crippen molar-refractivity contribution in [3.8, 4) is 5.82 Å². The van der Waals surface area contributed by atoms with E-state index in [1.807, 2.05) is 0 Å². The number of imidazole rings is 1. The Labute approximate surface area is 134 Å². The van der Waals surface area contributed by atoms with Gasteiger partial charge in [0.15, 0.2) is 16.5 Å². The SMILES string of the molecule is CP(=O)(c1nccn1-c1ccc(Cl)nn1)N1CCCCCC1. The number of aromatic nitrogens is 4. The zero-order valence-electron chi connectivity index (χ0n) is 12.5. The van der Waals surface area contributed by atoms with Crippen LogP contribution in [-0.4, -0.2) is 44.2 Å². The second-order valence-electron chi connectivity index (χ2n) is 5.56. The standard InChI is InChI=1S/C14H19ClN5OP/c1-22(21,19-9-4-2-3-5-10-19)14-16-8-11-20(14)13-7-6-12(15)17-18-13/h6-8,11H,2-5,9-10H2,1H3. The smallest absolute Gasteiger partial charge is 0.210 e. The van der Waals surface area contributed by atoms with Crippen molar-refractivity contribution in [3.63, 3.8) is 0 Å². The van der Waals surface area contributed by atoms with Crippen LogP contribution in [0.5, 0.6) is 0 Å². The van der Waals surface area contributed by atoms with Crippen molar-refractivity contribution in [1.29, 1.82) is 0 Å². The van der Waals surface area contributed by atoms with E-state index in [0.29, 0.717) is 16.5 Å². The van der Waals surface area contributed by atoms with Crippen LogP contribution < -0.4 is 5.57 Å². The lowest BCUT2D eigenvalue weighted by Crippen LogP contribution is -2.31. The van der Waals surface area contributed by atoms with Gasteiger partial charge in [-0.3, -0.25) is 9.13 Å². The first-order valence-electron chi connectivity index (χ1n) is 7.45. The largest absolute Gasteiger partial charge is 0.298 e. The molecule has 0 N–H and O–H groups in total. The lowest BCUT2D eigenvalue weighted by molar-refractivity contribution is 0.430. The normalized spacial score (nSPS) is 19.5. The Kier molecular flexibility index (Phi) is 4.62. The molecule has 1 fully saturated rings. The van der Waals surface area contributed by atoms with Crippen molar-refractivity contribution in [1.82, 2.24) is 24.4 Å². The van der Waals surface area contributed by atoms with Gasteiger partial charge in [-0.05, 0) is 25.0 Å². The topological polar surface area (TPSA) is 63.9 Å². The third kappa shape index (κ3) is 3.09. The molecule has 1 saturated heterocycles. The first kappa shape index (κ1) is 15.7. The minimum Gasteiger partial charge on any atom is -0.298 e. The Morgan fingerprint density at radius 1 is 1.14 bits per heavy atom. The van der Waals surface area contributed by atoms with Crippen LogP contribution in [0.1, 0.15) is 25.7 Å². The number of rotatable bonds is 3. The first-order chi connectivity index (χ1) is 10.6. The van der Waals surface area contributed by atoms with Gasteiger partial charge in [0.05, 0.1) is 0 Å². The molecular weight excluding hydrogens is 321 g/mol. The molecule has 8 heteroatoms. The van der Waals surface area contributed by atoms with Crippen molar-refractivity contribution < 1.29 is 4.57 Å². The maximum absolute atomic E-state index is 13.4. The maximum atomic E-state index is 13.4. The molecule has 0 aromatic carbocycles. The molecule has 0 radical (unpaired) electrons. The highest BCUT2D eigenvalue weighted by Crippen LogP contribution is 2.45. The minimum absolute atomic E-state index is 0.331. The molecular formula is C14H19ClN5OP. The summed E-state index contributed by atoms with van der Waals surface area (Å²) in [4.78, 5) is 4.35. The first-order valence-corrected chi connectivity index (χ1v) is 9.94. The molecule has 22 heavy (non-hydrogen) atoms. The molecule has 0 aliphatic carbocycles. The van der Waals surface area contributed by atoms with E-state index in [9.17, 15) is 4.57 Å². The van der Waals surface area contributed by atoms with Crippen molar-refractivity contribution in [2.75, 3.05) is 19.8 Å². The Morgan fingerprint density at radius 2 is 1.86 bits per heavy atom. The second-order valence-corrected chi connectivity index (χ2v) is 8.67. The molecule has 0 saturated carbocycles. The van der Waals surface area contributed by atoms with E-state index in [1.54, 1.807) is 35.8 Å². The fourth-order valence-corrected chi connectivity index (χ4v) is 5.03. The predicted molar refractivity (Wildman–Crippen MR) is 87.4 cm³/mol. The summed E-state index contributed by atoms with van der Waals surface area (Å²) < 4.78 is 17.2. The quantitative estimate of drug-likeness (QED) is 0.804. The van der Waals surface area contributed by atoms with Crippen molar-refractivity contribution >= 4 is 24.5 Å². The summed E-state index contributed by atoms with van der Waals surface area (Å²) in [6.45, 7) is 3.50. The average Bonchev–Trinajstić information content (AvgIpc) is 2.83. The van der Waals surface area contributed by atoms with Crippen LogP contribution in [-0.2, 0) is 4.57 Å². The second kappa shape index (κ2) is 6.49. The van der Waals surface area contributed by atoms with Crippen LogP contribution in [0.3, 0.4) is 0 Å². The van der Waals surface area contributed by atoms with Gasteiger partial charge < -0.3 is 0 Å². The molecule has 1 atom stereocenters. The summed E-state index contributed by atoms with van der Waals surface area (Å²) in [5.74, 6) is 0.578. The Balaban J connectivity index is 1.96. The van der Waals surface area contributed by atoms with Crippen LogP contribution in [0.25, 0.3) is 5.82 Å². The Morgan fingerprint density at radius 3 is 2.50 bits per heavy atom. The number of nitrogens with zero attached hydrogens (tertiary/aromatic N) is 5. The summed E-state index contributed by atoms with van der Waals surface area (Å²) in [6, 6.07) is 3.42. The highest BCUT2D eigenvalue weighted by molar-refractivity contribution is 7.68. The third-order valence-corrected chi connectivity index (χ3v) is 6.73. The zero-order chi connectivity index (χ0) is 15.6. The van der Waals surface area contributed by atoms with Gasteiger partial charge in [-0.25, -0.2) is 9.65 Å². The molecule has 6 nitrogen and oxygen atoms in total. The molecule has 1 unspecified atom stereocenters. The van der Waals surface area contributed by atoms with E-state index in [-0.39, 0.29) is 0 Å². The van der Waals surface area contributed by atoms with Crippen LogP contribution in [0.15, 0.2) is 24.5 Å². The molecule has 2 aromatic heterocycles. The molecule has 3 heterocycles. The molecule has 3 rings (SSSR count). The van der Waals surface area contributed by atoms with Crippen LogP contribution >= 0.6 is 18.9 Å². The lowest BCUT2D eigenvalue weighted by atomic mass is 10.2. The number of halogens is 1. The number of hydrogen-bond acceptors (Lipinski definition) is 4. The summed E-state index contributed by atoms with van der Waals surface area (Å²) in [7, 11) is -2.73. The van der Waals surface area contributed by atoms with E-state index >= 15 is 0 Å². The predicted octanol–water partition coefficient (Wildman–Crippen LogP) is 2.72. The molecule has 0 spiro atoms. The molecule has 0 amide bonds. The van der Waals surface area contributed by atoms with E-state index in [0.717, 1.165) is 25.9 Å². The zero-order valence-corrected chi connectivity index (χ0v) is 14.2. The van der Waals surface area contributed by atoms with E-state index in [1.165, 1.54) is 12.8 Å². The van der Waals surface area contributed by atoms with E-state index in [2.05, 4.69) is 19.9 Å². The van der Waals surface area contributed by atoms with Gasteiger partial charge >= 0.3 is 0 Å². The lowest BCUT2D eigenvalue weighted by Gasteiger charge is -2.27. The van der Waals surface area contributed by atoms with Crippen LogP contribution in [0.2, 0.25) is 5.15 Å². The van der Waals surface area contributed by atoms with Gasteiger partial charge in [0, 0.05) is 32.1 Å². The Hall–Kier alpha value is -1.23. The van der Waals surface area contributed by atoms with Crippen LogP contribution in [0.4, 0.5) is 0 Å². The van der Waals surface area contributed by atoms with Gasteiger partial charge in [-0.1, -0.05) is 24.4 Å². The van der Waals surface area contributed by atoms with Gasteiger partial charge in [0.1, 0.15) is 0 Å². The maximum Gasteiger partial charge on any atom is 0.210 e. The van der Waals surface area contributed by atoms with Gasteiger partial charge in [0.2, 0.25) is 7.29 Å². The number of hydrogen-bond donors (Lipinski definition) is 0. The minimum atomic E-state index is -2.73. The van der Waals surface area contributed by atoms with Crippen molar-refractivity contribution in [2.45, 2.75) is 25.7 Å². The summed E-state index contributed by atoms with van der Waals surface area (Å²) in [5.41, 5.74) is 0.547.